The predicted molar refractivity (Wildman–Crippen MR) is 237 cm³/mol. The topological polar surface area (TPSA) is 171 Å². The number of aryl methyl sites for hydroxylation is 1. The van der Waals surface area contributed by atoms with Crippen LogP contribution in [0, 0.1) is 12.3 Å². The van der Waals surface area contributed by atoms with E-state index in [2.05, 4.69) is 75.4 Å². The van der Waals surface area contributed by atoms with Crippen LogP contribution >= 0.6 is 0 Å². The molecule has 7 rings (SSSR count). The standard InChI is InChI=1S/C47H63N9O3/c1-32-27-34(10-12-38(32)35-7-6-21-55(30-35)42(45(49)50)29-40(48)39-8-4-5-9-43(39)57)46(59)54-25-18-47(2,19-26-54)31-53-22-16-37(17-23-53)56-24-15-33-28-36(11-13-41(33)56)52-44(58)14-20-51-3/h4-5,8-13,15,24,27-29,35,37,51,57H,6-7,14,16-23,25-26,30-31,48-50H2,1-3H3,(H,52,58)/b40-29-. The number of benzene rings is 3. The number of fused-ring (bicyclic) bond motifs is 1. The second-order valence-electron chi connectivity index (χ2n) is 17.3. The molecule has 314 valence electrons. The normalized spacial score (nSPS) is 19.2. The van der Waals surface area contributed by atoms with Gasteiger partial charge in [0.15, 0.2) is 0 Å². The highest BCUT2D eigenvalue weighted by molar-refractivity contribution is 5.95. The zero-order chi connectivity index (χ0) is 41.7. The summed E-state index contributed by atoms with van der Waals surface area (Å²) in [6.07, 6.45) is 10.6. The molecule has 3 fully saturated rings. The van der Waals surface area contributed by atoms with Gasteiger partial charge in [-0.2, -0.15) is 0 Å². The lowest BCUT2D eigenvalue weighted by Crippen LogP contribution is -2.48. The number of nitrogens with two attached hydrogens (primary N) is 3. The van der Waals surface area contributed by atoms with Crippen LogP contribution in [0.15, 0.2) is 90.5 Å². The number of likely N-dealkylation sites (tertiary alicyclic amines) is 3. The van der Waals surface area contributed by atoms with Gasteiger partial charge in [-0.3, -0.25) is 9.59 Å². The van der Waals surface area contributed by atoms with Crippen molar-refractivity contribution < 1.29 is 14.7 Å². The average molecular weight is 802 g/mol. The smallest absolute Gasteiger partial charge is 0.253 e. The van der Waals surface area contributed by atoms with Crippen molar-refractivity contribution in [2.75, 3.05) is 64.7 Å². The Kier molecular flexibility index (Phi) is 12.9. The van der Waals surface area contributed by atoms with E-state index in [9.17, 15) is 14.7 Å². The van der Waals surface area contributed by atoms with Crippen molar-refractivity contribution >= 4 is 34.1 Å². The Hall–Kier alpha value is -5.46. The van der Waals surface area contributed by atoms with Crippen LogP contribution in [0.5, 0.6) is 5.75 Å². The Morgan fingerprint density at radius 2 is 1.68 bits per heavy atom. The van der Waals surface area contributed by atoms with Crippen LogP contribution in [0.3, 0.4) is 0 Å². The third kappa shape index (κ3) is 9.71. The molecule has 0 spiro atoms. The van der Waals surface area contributed by atoms with E-state index in [-0.39, 0.29) is 34.7 Å². The molecule has 3 aliphatic heterocycles. The summed E-state index contributed by atoms with van der Waals surface area (Å²) in [6.45, 7) is 11.4. The number of para-hydroxylation sites is 1. The second kappa shape index (κ2) is 18.2. The molecule has 2 amide bonds. The molecule has 12 heteroatoms. The molecule has 4 heterocycles. The highest BCUT2D eigenvalue weighted by atomic mass is 16.3. The maximum Gasteiger partial charge on any atom is 0.253 e. The first-order valence-corrected chi connectivity index (χ1v) is 21.3. The number of hydrogen-bond acceptors (Lipinski definition) is 9. The van der Waals surface area contributed by atoms with Crippen LogP contribution < -0.4 is 27.8 Å². The summed E-state index contributed by atoms with van der Waals surface area (Å²) >= 11 is 0. The van der Waals surface area contributed by atoms with Crippen LogP contribution in [0.4, 0.5) is 5.69 Å². The minimum absolute atomic E-state index is 0.0208. The van der Waals surface area contributed by atoms with Gasteiger partial charge in [0.2, 0.25) is 5.91 Å². The first-order chi connectivity index (χ1) is 28.4. The molecule has 4 aromatic rings. The van der Waals surface area contributed by atoms with Crippen LogP contribution in [0.1, 0.15) is 90.9 Å². The highest BCUT2D eigenvalue weighted by Gasteiger charge is 2.35. The third-order valence-corrected chi connectivity index (χ3v) is 12.9. The summed E-state index contributed by atoms with van der Waals surface area (Å²) in [5, 5.41) is 17.5. The molecule has 3 aromatic carbocycles. The minimum Gasteiger partial charge on any atom is -0.507 e. The van der Waals surface area contributed by atoms with Gasteiger partial charge in [0, 0.05) is 110 Å². The van der Waals surface area contributed by atoms with Gasteiger partial charge in [-0.1, -0.05) is 25.1 Å². The fourth-order valence-electron chi connectivity index (χ4n) is 9.52. The van der Waals surface area contributed by atoms with Crippen LogP contribution in [0.2, 0.25) is 0 Å². The highest BCUT2D eigenvalue weighted by Crippen LogP contribution is 2.37. The van der Waals surface area contributed by atoms with Gasteiger partial charge in [-0.15, -0.1) is 0 Å². The lowest BCUT2D eigenvalue weighted by molar-refractivity contribution is -0.116. The number of allylic oxidation sites excluding steroid dienone is 1. The minimum atomic E-state index is 0.0208. The number of nitrogens with one attached hydrogen (secondary N) is 2. The molecule has 3 saturated heterocycles. The molecule has 0 radical (unpaired) electrons. The summed E-state index contributed by atoms with van der Waals surface area (Å²) in [4.78, 5) is 32.9. The first kappa shape index (κ1) is 41.7. The van der Waals surface area contributed by atoms with Crippen LogP contribution in [-0.2, 0) is 4.79 Å². The fraction of sp³-hybridized carbons (Fsp3) is 0.447. The van der Waals surface area contributed by atoms with Crippen molar-refractivity contribution in [3.63, 3.8) is 0 Å². The van der Waals surface area contributed by atoms with Crippen molar-refractivity contribution in [3.05, 3.63) is 113 Å². The van der Waals surface area contributed by atoms with E-state index in [0.29, 0.717) is 36.0 Å². The number of phenols is 1. The molecule has 1 aromatic heterocycles. The largest absolute Gasteiger partial charge is 0.507 e. The number of phenolic OH excluding ortho intramolecular Hbond substituents is 1. The number of carbonyl (C=O) groups is 2. The van der Waals surface area contributed by atoms with Crippen molar-refractivity contribution in [2.24, 2.45) is 22.6 Å². The van der Waals surface area contributed by atoms with Crippen molar-refractivity contribution in [2.45, 2.75) is 70.8 Å². The third-order valence-electron chi connectivity index (χ3n) is 12.9. The number of aromatic hydroxyl groups is 1. The zero-order valence-corrected chi connectivity index (χ0v) is 35.1. The lowest BCUT2D eigenvalue weighted by atomic mass is 9.79. The monoisotopic (exact) mass is 802 g/mol. The Bertz CT molecular complexity index is 2190. The van der Waals surface area contributed by atoms with E-state index in [1.54, 1.807) is 24.3 Å². The SMILES string of the molecule is CNCCC(=O)Nc1ccc2c(ccn2C2CCN(CC3(C)CCN(C(=O)c4ccc(C5CCCN(C(/C=C(\N)c6ccccc6O)=C(N)N)C5)c(C)c4)CC3)CC2)c1. The van der Waals surface area contributed by atoms with Gasteiger partial charge in [0.1, 0.15) is 11.6 Å². The Balaban J connectivity index is 0.903. The molecule has 9 N–H and O–H groups in total. The van der Waals surface area contributed by atoms with Gasteiger partial charge in [0.25, 0.3) is 5.91 Å². The Labute approximate surface area is 349 Å². The first-order valence-electron chi connectivity index (χ1n) is 21.3. The van der Waals surface area contributed by atoms with E-state index < -0.39 is 0 Å². The number of nitrogens with zero attached hydrogens (tertiary/aromatic N) is 4. The van der Waals surface area contributed by atoms with Gasteiger partial charge in [0.05, 0.1) is 5.70 Å². The van der Waals surface area contributed by atoms with E-state index >= 15 is 0 Å². The van der Waals surface area contributed by atoms with Gasteiger partial charge in [-0.25, -0.2) is 0 Å². The number of carbonyl (C=O) groups excluding carboxylic acids is 2. The summed E-state index contributed by atoms with van der Waals surface area (Å²) in [7, 11) is 1.85. The molecule has 1 atom stereocenters. The molecule has 12 nitrogen and oxygen atoms in total. The fourth-order valence-corrected chi connectivity index (χ4v) is 9.52. The van der Waals surface area contributed by atoms with Crippen molar-refractivity contribution in [1.29, 1.82) is 0 Å². The van der Waals surface area contributed by atoms with E-state index in [4.69, 9.17) is 17.2 Å². The predicted octanol–water partition coefficient (Wildman–Crippen LogP) is 6.05. The molecule has 1 unspecified atom stereocenters. The molecule has 3 aliphatic rings. The van der Waals surface area contributed by atoms with Crippen molar-refractivity contribution in [1.82, 2.24) is 24.6 Å². The summed E-state index contributed by atoms with van der Waals surface area (Å²) < 4.78 is 2.42. The van der Waals surface area contributed by atoms with Crippen LogP contribution in [-0.4, -0.2) is 95.6 Å². The second-order valence-corrected chi connectivity index (χ2v) is 17.3. The quantitative estimate of drug-likeness (QED) is 0.0935. The number of anilines is 1. The Morgan fingerprint density at radius 3 is 2.39 bits per heavy atom. The van der Waals surface area contributed by atoms with Gasteiger partial charge < -0.3 is 52.2 Å². The lowest BCUT2D eigenvalue weighted by Gasteiger charge is -2.44. The number of hydrogen-bond donors (Lipinski definition) is 6. The van der Waals surface area contributed by atoms with E-state index in [0.717, 1.165) is 107 Å². The van der Waals surface area contributed by atoms with Crippen molar-refractivity contribution in [3.8, 4) is 5.75 Å². The van der Waals surface area contributed by atoms with Crippen LogP contribution in [0.25, 0.3) is 16.6 Å². The van der Waals surface area contributed by atoms with E-state index in [1.165, 1.54) is 11.1 Å². The molecule has 0 saturated carbocycles. The van der Waals surface area contributed by atoms with Gasteiger partial charge >= 0.3 is 0 Å². The molecule has 0 bridgehead atoms. The zero-order valence-electron chi connectivity index (χ0n) is 35.1. The molecule has 59 heavy (non-hydrogen) atoms. The Morgan fingerprint density at radius 1 is 0.915 bits per heavy atom. The molecular formula is C47H63N9O3. The summed E-state index contributed by atoms with van der Waals surface area (Å²) in [6, 6.07) is 22.0. The molecular weight excluding hydrogens is 739 g/mol. The maximum atomic E-state index is 13.9. The maximum absolute atomic E-state index is 13.9. The number of rotatable bonds is 12. The van der Waals surface area contributed by atoms with Gasteiger partial charge in [-0.05, 0) is 124 Å². The summed E-state index contributed by atoms with van der Waals surface area (Å²) in [5.74, 6) is 0.666. The number of aromatic nitrogens is 1. The average Bonchev–Trinajstić information content (AvgIpc) is 3.65. The molecule has 0 aliphatic carbocycles. The van der Waals surface area contributed by atoms with E-state index in [1.807, 2.05) is 30.1 Å². The summed E-state index contributed by atoms with van der Waals surface area (Å²) in [5.41, 5.74) is 25.7. The number of piperidine rings is 3. The number of amides is 2.